The van der Waals surface area contributed by atoms with Crippen molar-refractivity contribution in [3.63, 3.8) is 0 Å². The van der Waals surface area contributed by atoms with Gasteiger partial charge in [0.25, 0.3) is 0 Å². The van der Waals surface area contributed by atoms with E-state index in [1.54, 1.807) is 6.33 Å². The van der Waals surface area contributed by atoms with Crippen LogP contribution in [0.15, 0.2) is 23.8 Å². The molecule has 1 aliphatic rings. The monoisotopic (exact) mass is 273 g/mol. The Balaban J connectivity index is 1.81. The van der Waals surface area contributed by atoms with Crippen molar-refractivity contribution in [2.75, 3.05) is 5.32 Å². The Hall–Kier alpha value is -1.42. The van der Waals surface area contributed by atoms with E-state index >= 15 is 0 Å². The van der Waals surface area contributed by atoms with Crippen LogP contribution < -0.4 is 5.32 Å². The summed E-state index contributed by atoms with van der Waals surface area (Å²) >= 11 is 1.87. The summed E-state index contributed by atoms with van der Waals surface area (Å²) < 4.78 is 0. The zero-order valence-corrected chi connectivity index (χ0v) is 12.2. The number of fused-ring (bicyclic) bond motifs is 1. The van der Waals surface area contributed by atoms with E-state index in [9.17, 15) is 0 Å². The van der Waals surface area contributed by atoms with Gasteiger partial charge in [0, 0.05) is 16.6 Å². The average Bonchev–Trinajstić information content (AvgIpc) is 2.88. The Morgan fingerprint density at radius 2 is 2.26 bits per heavy atom. The quantitative estimate of drug-likeness (QED) is 0.913. The lowest BCUT2D eigenvalue weighted by molar-refractivity contribution is 0.606. The minimum absolute atomic E-state index is 0.407. The van der Waals surface area contributed by atoms with E-state index in [-0.39, 0.29) is 0 Å². The molecular formula is C15H19N3S. The van der Waals surface area contributed by atoms with Gasteiger partial charge in [0.15, 0.2) is 0 Å². The van der Waals surface area contributed by atoms with E-state index in [2.05, 4.69) is 46.6 Å². The van der Waals surface area contributed by atoms with Gasteiger partial charge in [-0.15, -0.1) is 11.3 Å². The third-order valence-electron chi connectivity index (χ3n) is 3.65. The first-order chi connectivity index (χ1) is 9.24. The highest BCUT2D eigenvalue weighted by Crippen LogP contribution is 2.35. The maximum atomic E-state index is 4.35. The Kier molecular flexibility index (Phi) is 3.51. The Morgan fingerprint density at radius 3 is 3.11 bits per heavy atom. The molecule has 100 valence electrons. The lowest BCUT2D eigenvalue weighted by atomic mass is 9.94. The summed E-state index contributed by atoms with van der Waals surface area (Å²) in [4.78, 5) is 10.2. The summed E-state index contributed by atoms with van der Waals surface area (Å²) in [7, 11) is 0. The highest BCUT2D eigenvalue weighted by molar-refractivity contribution is 7.10. The SMILES string of the molecule is CC(C)c1cc(NC2CCCc3sccc32)ncn1. The minimum atomic E-state index is 0.407. The van der Waals surface area contributed by atoms with Gasteiger partial charge in [-0.1, -0.05) is 13.8 Å². The smallest absolute Gasteiger partial charge is 0.130 e. The molecule has 1 N–H and O–H groups in total. The molecule has 4 heteroatoms. The van der Waals surface area contributed by atoms with Crippen LogP contribution in [0.25, 0.3) is 0 Å². The van der Waals surface area contributed by atoms with E-state index in [0.29, 0.717) is 12.0 Å². The normalized spacial score (nSPS) is 18.4. The first-order valence-corrected chi connectivity index (χ1v) is 7.76. The summed E-state index contributed by atoms with van der Waals surface area (Å²) in [6.45, 7) is 4.31. The summed E-state index contributed by atoms with van der Waals surface area (Å²) in [5, 5.41) is 5.77. The second-order valence-electron chi connectivity index (χ2n) is 5.37. The number of aromatic nitrogens is 2. The number of aryl methyl sites for hydroxylation is 1. The van der Waals surface area contributed by atoms with E-state index in [1.807, 2.05) is 11.3 Å². The maximum Gasteiger partial charge on any atom is 0.130 e. The molecule has 1 atom stereocenters. The molecule has 19 heavy (non-hydrogen) atoms. The Bertz CT molecular complexity index is 562. The second-order valence-corrected chi connectivity index (χ2v) is 6.37. The van der Waals surface area contributed by atoms with Gasteiger partial charge >= 0.3 is 0 Å². The van der Waals surface area contributed by atoms with Crippen molar-refractivity contribution < 1.29 is 0 Å². The molecule has 0 saturated carbocycles. The largest absolute Gasteiger partial charge is 0.363 e. The second kappa shape index (κ2) is 5.29. The lowest BCUT2D eigenvalue weighted by Crippen LogP contribution is -2.16. The molecule has 0 aromatic carbocycles. The number of rotatable bonds is 3. The molecule has 1 unspecified atom stereocenters. The van der Waals surface area contributed by atoms with Crippen molar-refractivity contribution >= 4 is 17.2 Å². The first kappa shape index (κ1) is 12.6. The lowest BCUT2D eigenvalue weighted by Gasteiger charge is -2.24. The van der Waals surface area contributed by atoms with Crippen LogP contribution in [0.4, 0.5) is 5.82 Å². The van der Waals surface area contributed by atoms with Gasteiger partial charge in [-0.2, -0.15) is 0 Å². The van der Waals surface area contributed by atoms with Gasteiger partial charge in [-0.25, -0.2) is 9.97 Å². The maximum absolute atomic E-state index is 4.35. The van der Waals surface area contributed by atoms with Crippen LogP contribution in [0.5, 0.6) is 0 Å². The fourth-order valence-corrected chi connectivity index (χ4v) is 3.57. The number of nitrogens with one attached hydrogen (secondary N) is 1. The van der Waals surface area contributed by atoms with Crippen LogP contribution >= 0.6 is 11.3 Å². The van der Waals surface area contributed by atoms with Crippen molar-refractivity contribution in [3.05, 3.63) is 40.0 Å². The number of thiophene rings is 1. The molecule has 2 heterocycles. The predicted octanol–water partition coefficient (Wildman–Crippen LogP) is 4.15. The standard InChI is InChI=1S/C15H19N3S/c1-10(2)13-8-15(17-9-16-13)18-12-4-3-5-14-11(12)6-7-19-14/h6-10,12H,3-5H2,1-2H3,(H,16,17,18). The fourth-order valence-electron chi connectivity index (χ4n) is 2.58. The van der Waals surface area contributed by atoms with Crippen LogP contribution in [0.2, 0.25) is 0 Å². The van der Waals surface area contributed by atoms with Gasteiger partial charge in [0.05, 0.1) is 6.04 Å². The molecular weight excluding hydrogens is 254 g/mol. The number of hydrogen-bond donors (Lipinski definition) is 1. The summed E-state index contributed by atoms with van der Waals surface area (Å²) in [5.74, 6) is 1.38. The number of hydrogen-bond acceptors (Lipinski definition) is 4. The summed E-state index contributed by atoms with van der Waals surface area (Å²) in [5.41, 5.74) is 2.56. The summed E-state index contributed by atoms with van der Waals surface area (Å²) in [6, 6.07) is 4.73. The third kappa shape index (κ3) is 2.63. The minimum Gasteiger partial charge on any atom is -0.363 e. The van der Waals surface area contributed by atoms with Crippen LogP contribution in [0.1, 0.15) is 54.8 Å². The molecule has 3 rings (SSSR count). The number of nitrogens with zero attached hydrogens (tertiary/aromatic N) is 2. The van der Waals surface area contributed by atoms with E-state index in [1.165, 1.54) is 29.7 Å². The van der Waals surface area contributed by atoms with E-state index in [0.717, 1.165) is 11.5 Å². The highest BCUT2D eigenvalue weighted by Gasteiger charge is 2.21. The van der Waals surface area contributed by atoms with E-state index in [4.69, 9.17) is 0 Å². The first-order valence-electron chi connectivity index (χ1n) is 6.89. The van der Waals surface area contributed by atoms with Crippen molar-refractivity contribution in [2.45, 2.75) is 45.1 Å². The zero-order chi connectivity index (χ0) is 13.2. The molecule has 0 radical (unpaired) electrons. The van der Waals surface area contributed by atoms with Gasteiger partial charge in [0.2, 0.25) is 0 Å². The molecule has 2 aromatic rings. The van der Waals surface area contributed by atoms with Gasteiger partial charge < -0.3 is 5.32 Å². The third-order valence-corrected chi connectivity index (χ3v) is 4.65. The molecule has 0 bridgehead atoms. The van der Waals surface area contributed by atoms with Crippen LogP contribution in [-0.2, 0) is 6.42 Å². The van der Waals surface area contributed by atoms with Gasteiger partial charge in [-0.05, 0) is 42.2 Å². The molecule has 3 nitrogen and oxygen atoms in total. The van der Waals surface area contributed by atoms with E-state index < -0.39 is 0 Å². The molecule has 0 spiro atoms. The fraction of sp³-hybridized carbons (Fsp3) is 0.467. The molecule has 2 aromatic heterocycles. The van der Waals surface area contributed by atoms with Crippen molar-refractivity contribution in [1.82, 2.24) is 9.97 Å². The van der Waals surface area contributed by atoms with Gasteiger partial charge in [-0.3, -0.25) is 0 Å². The Labute approximate surface area is 118 Å². The van der Waals surface area contributed by atoms with Crippen LogP contribution in [-0.4, -0.2) is 9.97 Å². The summed E-state index contributed by atoms with van der Waals surface area (Å²) in [6.07, 6.45) is 5.33. The predicted molar refractivity (Wildman–Crippen MR) is 79.7 cm³/mol. The number of anilines is 1. The van der Waals surface area contributed by atoms with Crippen LogP contribution in [0.3, 0.4) is 0 Å². The molecule has 1 aliphatic carbocycles. The Morgan fingerprint density at radius 1 is 1.37 bits per heavy atom. The van der Waals surface area contributed by atoms with Gasteiger partial charge in [0.1, 0.15) is 12.1 Å². The zero-order valence-electron chi connectivity index (χ0n) is 11.4. The highest BCUT2D eigenvalue weighted by atomic mass is 32.1. The van der Waals surface area contributed by atoms with Crippen molar-refractivity contribution in [3.8, 4) is 0 Å². The molecule has 0 amide bonds. The topological polar surface area (TPSA) is 37.8 Å². The average molecular weight is 273 g/mol. The molecule has 0 aliphatic heterocycles. The molecule has 0 fully saturated rings. The van der Waals surface area contributed by atoms with Crippen LogP contribution in [0, 0.1) is 0 Å². The van der Waals surface area contributed by atoms with Crippen molar-refractivity contribution in [1.29, 1.82) is 0 Å². The van der Waals surface area contributed by atoms with Crippen molar-refractivity contribution in [2.24, 2.45) is 0 Å². The molecule has 0 saturated heterocycles.